The fraction of sp³-hybridized carbons (Fsp3) is 0.455. The number of hydrogen-bond acceptors (Lipinski definition) is 4. The molecule has 1 amide bonds. The van der Waals surface area contributed by atoms with Crippen molar-refractivity contribution < 1.29 is 9.53 Å². The Kier molecular flexibility index (Phi) is 4.11. The highest BCUT2D eigenvalue weighted by atomic mass is 32.1. The van der Waals surface area contributed by atoms with Crippen LogP contribution in [0.25, 0.3) is 0 Å². The Morgan fingerprint density at radius 1 is 1.59 bits per heavy atom. The number of carbonyl (C=O) groups excluding carboxylic acids is 1. The highest BCUT2D eigenvalue weighted by molar-refractivity contribution is 7.10. The first-order valence-corrected chi connectivity index (χ1v) is 6.04. The molecule has 0 unspecified atom stereocenters. The standard InChI is InChI=1S/C11H17N3O2S/c1-11(2,3)16-10(15)14-5-8-4-7(6-17-8)9(12)13/h4,6H,5H2,1-3H3,(H3,12,13)(H,14,15). The summed E-state index contributed by atoms with van der Waals surface area (Å²) in [5.74, 6) is 0.0322. The van der Waals surface area contributed by atoms with Crippen LogP contribution in [0.5, 0.6) is 0 Å². The van der Waals surface area contributed by atoms with E-state index in [1.54, 1.807) is 11.4 Å². The maximum atomic E-state index is 11.4. The van der Waals surface area contributed by atoms with Gasteiger partial charge in [0.2, 0.25) is 0 Å². The maximum absolute atomic E-state index is 11.4. The van der Waals surface area contributed by atoms with Gasteiger partial charge in [0.25, 0.3) is 0 Å². The fourth-order valence-corrected chi connectivity index (χ4v) is 1.91. The molecule has 4 N–H and O–H groups in total. The quantitative estimate of drug-likeness (QED) is 0.570. The van der Waals surface area contributed by atoms with Crippen LogP contribution in [0.15, 0.2) is 11.4 Å². The number of hydrogen-bond donors (Lipinski definition) is 3. The summed E-state index contributed by atoms with van der Waals surface area (Å²) in [7, 11) is 0. The average molecular weight is 255 g/mol. The van der Waals surface area contributed by atoms with Crippen molar-refractivity contribution in [3.05, 3.63) is 21.9 Å². The molecule has 0 bridgehead atoms. The van der Waals surface area contributed by atoms with Gasteiger partial charge in [0.05, 0.1) is 6.54 Å². The lowest BCUT2D eigenvalue weighted by atomic mass is 10.2. The van der Waals surface area contributed by atoms with E-state index in [2.05, 4.69) is 5.32 Å². The monoisotopic (exact) mass is 255 g/mol. The Hall–Kier alpha value is -1.56. The van der Waals surface area contributed by atoms with Crippen molar-refractivity contribution in [1.82, 2.24) is 5.32 Å². The Labute approximate surface area is 104 Å². The summed E-state index contributed by atoms with van der Waals surface area (Å²) in [6.07, 6.45) is -0.449. The van der Waals surface area contributed by atoms with Crippen molar-refractivity contribution in [3.8, 4) is 0 Å². The van der Waals surface area contributed by atoms with Crippen molar-refractivity contribution >= 4 is 23.3 Å². The first kappa shape index (κ1) is 13.5. The number of ether oxygens (including phenoxy) is 1. The normalized spacial score (nSPS) is 11.0. The molecular formula is C11H17N3O2S. The predicted octanol–water partition coefficient (Wildman–Crippen LogP) is 2.06. The summed E-state index contributed by atoms with van der Waals surface area (Å²) in [5.41, 5.74) is 5.53. The third kappa shape index (κ3) is 4.86. The molecule has 0 spiro atoms. The van der Waals surface area contributed by atoms with Gasteiger partial charge >= 0.3 is 6.09 Å². The lowest BCUT2D eigenvalue weighted by Crippen LogP contribution is -2.31. The molecule has 0 atom stereocenters. The highest BCUT2D eigenvalue weighted by Crippen LogP contribution is 2.14. The van der Waals surface area contributed by atoms with E-state index >= 15 is 0 Å². The molecule has 0 aliphatic carbocycles. The van der Waals surface area contributed by atoms with Gasteiger partial charge in [-0.1, -0.05) is 0 Å². The summed E-state index contributed by atoms with van der Waals surface area (Å²) in [5, 5.41) is 11.7. The van der Waals surface area contributed by atoms with Gasteiger partial charge in [0.15, 0.2) is 0 Å². The molecule has 1 rings (SSSR count). The fourth-order valence-electron chi connectivity index (χ4n) is 1.09. The van der Waals surface area contributed by atoms with Crippen LogP contribution in [0.4, 0.5) is 4.79 Å². The predicted molar refractivity (Wildman–Crippen MR) is 68.4 cm³/mol. The molecule has 5 nitrogen and oxygen atoms in total. The molecule has 0 aliphatic heterocycles. The summed E-state index contributed by atoms with van der Waals surface area (Å²) in [4.78, 5) is 12.3. The van der Waals surface area contributed by atoms with Gasteiger partial charge in [0, 0.05) is 15.8 Å². The van der Waals surface area contributed by atoms with Crippen LogP contribution < -0.4 is 11.1 Å². The number of amides is 1. The minimum Gasteiger partial charge on any atom is -0.444 e. The molecule has 94 valence electrons. The molecule has 0 aromatic carbocycles. The van der Waals surface area contributed by atoms with E-state index < -0.39 is 11.7 Å². The van der Waals surface area contributed by atoms with Gasteiger partial charge in [0.1, 0.15) is 11.4 Å². The van der Waals surface area contributed by atoms with Gasteiger partial charge in [-0.2, -0.15) is 0 Å². The summed E-state index contributed by atoms with van der Waals surface area (Å²) in [6.45, 7) is 5.82. The van der Waals surface area contributed by atoms with Crippen LogP contribution >= 0.6 is 11.3 Å². The molecule has 1 aromatic rings. The van der Waals surface area contributed by atoms with Crippen molar-refractivity contribution in [3.63, 3.8) is 0 Å². The van der Waals surface area contributed by atoms with Gasteiger partial charge in [-0.15, -0.1) is 11.3 Å². The van der Waals surface area contributed by atoms with E-state index in [9.17, 15) is 4.79 Å². The lowest BCUT2D eigenvalue weighted by molar-refractivity contribution is 0.0524. The van der Waals surface area contributed by atoms with E-state index in [4.69, 9.17) is 15.9 Å². The second-order valence-electron chi connectivity index (χ2n) is 4.57. The van der Waals surface area contributed by atoms with E-state index in [0.717, 1.165) is 4.88 Å². The van der Waals surface area contributed by atoms with Gasteiger partial charge < -0.3 is 15.8 Å². The van der Waals surface area contributed by atoms with Crippen LogP contribution in [-0.4, -0.2) is 17.5 Å². The molecule has 1 heterocycles. The van der Waals surface area contributed by atoms with E-state index in [-0.39, 0.29) is 5.84 Å². The topological polar surface area (TPSA) is 88.2 Å². The molecule has 17 heavy (non-hydrogen) atoms. The SMILES string of the molecule is CC(C)(C)OC(=O)NCc1cc(C(=N)N)cs1. The van der Waals surface area contributed by atoms with Crippen molar-refractivity contribution in [2.24, 2.45) is 5.73 Å². The minimum absolute atomic E-state index is 0.0322. The molecule has 6 heteroatoms. The molecule has 0 saturated heterocycles. The van der Waals surface area contributed by atoms with Crippen LogP contribution in [0.1, 0.15) is 31.2 Å². The zero-order valence-corrected chi connectivity index (χ0v) is 11.0. The zero-order chi connectivity index (χ0) is 13.1. The van der Waals surface area contributed by atoms with Gasteiger partial charge in [-0.3, -0.25) is 5.41 Å². The van der Waals surface area contributed by atoms with E-state index in [1.807, 2.05) is 20.8 Å². The number of amidine groups is 1. The number of carbonyl (C=O) groups is 1. The number of alkyl carbamates (subject to hydrolysis) is 1. The second kappa shape index (κ2) is 5.18. The molecule has 0 aliphatic rings. The average Bonchev–Trinajstić information content (AvgIpc) is 2.60. The van der Waals surface area contributed by atoms with E-state index in [1.165, 1.54) is 11.3 Å². The zero-order valence-electron chi connectivity index (χ0n) is 10.2. The highest BCUT2D eigenvalue weighted by Gasteiger charge is 2.15. The lowest BCUT2D eigenvalue weighted by Gasteiger charge is -2.19. The maximum Gasteiger partial charge on any atom is 0.407 e. The minimum atomic E-state index is -0.496. The van der Waals surface area contributed by atoms with Gasteiger partial charge in [-0.05, 0) is 26.8 Å². The Balaban J connectivity index is 2.45. The molecule has 1 aromatic heterocycles. The molecular weight excluding hydrogens is 238 g/mol. The molecule has 0 fully saturated rings. The number of nitrogens with one attached hydrogen (secondary N) is 2. The van der Waals surface area contributed by atoms with Crippen LogP contribution in [0, 0.1) is 5.41 Å². The smallest absolute Gasteiger partial charge is 0.407 e. The van der Waals surface area contributed by atoms with Crippen LogP contribution in [0.2, 0.25) is 0 Å². The largest absolute Gasteiger partial charge is 0.444 e. The van der Waals surface area contributed by atoms with Crippen molar-refractivity contribution in [2.45, 2.75) is 32.9 Å². The first-order valence-electron chi connectivity index (χ1n) is 5.16. The summed E-state index contributed by atoms with van der Waals surface area (Å²) in [6, 6.07) is 1.78. The van der Waals surface area contributed by atoms with Crippen molar-refractivity contribution in [2.75, 3.05) is 0 Å². The van der Waals surface area contributed by atoms with Gasteiger partial charge in [-0.25, -0.2) is 4.79 Å². The number of nitrogen functional groups attached to an aromatic ring is 1. The van der Waals surface area contributed by atoms with Crippen molar-refractivity contribution in [1.29, 1.82) is 5.41 Å². The Morgan fingerprint density at radius 3 is 2.71 bits per heavy atom. The molecule has 0 radical (unpaired) electrons. The molecule has 0 saturated carbocycles. The second-order valence-corrected chi connectivity index (χ2v) is 5.57. The third-order valence-corrected chi connectivity index (χ3v) is 2.71. The first-order chi connectivity index (χ1) is 7.78. The van der Waals surface area contributed by atoms with Crippen LogP contribution in [0.3, 0.4) is 0 Å². The summed E-state index contributed by atoms with van der Waals surface area (Å²) < 4.78 is 5.10. The Bertz CT molecular complexity index is 421. The van der Waals surface area contributed by atoms with E-state index in [0.29, 0.717) is 12.1 Å². The number of thiophene rings is 1. The summed E-state index contributed by atoms with van der Waals surface area (Å²) >= 11 is 1.45. The number of rotatable bonds is 3. The number of nitrogens with two attached hydrogens (primary N) is 1. The Morgan fingerprint density at radius 2 is 2.24 bits per heavy atom. The third-order valence-electron chi connectivity index (χ3n) is 1.77. The van der Waals surface area contributed by atoms with Crippen LogP contribution in [-0.2, 0) is 11.3 Å².